The van der Waals surface area contributed by atoms with Gasteiger partial charge in [-0.1, -0.05) is 20.8 Å². The number of halogens is 1. The molecule has 4 nitrogen and oxygen atoms in total. The highest BCUT2D eigenvalue weighted by atomic mass is 35.5. The maximum atomic E-state index is 11.6. The number of rotatable bonds is 5. The minimum absolute atomic E-state index is 0.0287. The minimum atomic E-state index is -3.32. The van der Waals surface area contributed by atoms with E-state index in [1.807, 2.05) is 26.2 Å². The summed E-state index contributed by atoms with van der Waals surface area (Å²) in [6, 6.07) is 0. The average Bonchev–Trinajstić information content (AvgIpc) is 2.62. The summed E-state index contributed by atoms with van der Waals surface area (Å²) < 4.78 is 25.7. The Morgan fingerprint density at radius 3 is 2.59 bits per heavy atom. The molecule has 0 saturated carbocycles. The van der Waals surface area contributed by atoms with Crippen molar-refractivity contribution in [2.75, 3.05) is 16.4 Å². The van der Waals surface area contributed by atoms with Crippen LogP contribution in [0.5, 0.6) is 0 Å². The lowest BCUT2D eigenvalue weighted by atomic mass is 9.93. The molecule has 1 N–H and O–H groups in total. The highest BCUT2D eigenvalue weighted by Gasteiger charge is 2.19. The van der Waals surface area contributed by atoms with Crippen molar-refractivity contribution in [3.05, 3.63) is 11.1 Å². The lowest BCUT2D eigenvalue weighted by molar-refractivity contribution is 0.573. The smallest absolute Gasteiger partial charge is 0.234 e. The summed E-state index contributed by atoms with van der Waals surface area (Å²) >= 11 is 6.77. The highest BCUT2D eigenvalue weighted by molar-refractivity contribution is 7.92. The van der Waals surface area contributed by atoms with Crippen LogP contribution >= 0.6 is 22.9 Å². The number of anilines is 1. The Kier molecular flexibility index (Phi) is 4.80. The molecule has 1 aromatic rings. The number of thiazole rings is 1. The van der Waals surface area contributed by atoms with Gasteiger partial charge in [-0.3, -0.25) is 4.72 Å². The van der Waals surface area contributed by atoms with Gasteiger partial charge in [0.15, 0.2) is 5.13 Å². The monoisotopic (exact) mass is 296 g/mol. The second-order valence-corrected chi connectivity index (χ2v) is 7.83. The largest absolute Gasteiger partial charge is 0.259 e. The Balaban J connectivity index is 2.73. The van der Waals surface area contributed by atoms with E-state index in [0.717, 1.165) is 5.69 Å². The summed E-state index contributed by atoms with van der Waals surface area (Å²) in [6.45, 7) is 6.11. The molecule has 1 rings (SSSR count). The molecule has 0 radical (unpaired) electrons. The molecule has 7 heteroatoms. The highest BCUT2D eigenvalue weighted by Crippen LogP contribution is 2.26. The molecule has 0 spiro atoms. The van der Waals surface area contributed by atoms with Crippen LogP contribution in [0.4, 0.5) is 5.13 Å². The fourth-order valence-corrected chi connectivity index (χ4v) is 3.68. The predicted octanol–water partition coefficient (Wildman–Crippen LogP) is 2.81. The quantitative estimate of drug-likeness (QED) is 0.850. The fraction of sp³-hybridized carbons (Fsp3) is 0.700. The van der Waals surface area contributed by atoms with Crippen LogP contribution in [-0.2, 0) is 15.4 Å². The van der Waals surface area contributed by atoms with Crippen LogP contribution in [0, 0.1) is 0 Å². The van der Waals surface area contributed by atoms with Crippen molar-refractivity contribution in [2.45, 2.75) is 32.6 Å². The van der Waals surface area contributed by atoms with E-state index in [1.165, 1.54) is 11.3 Å². The van der Waals surface area contributed by atoms with E-state index >= 15 is 0 Å². The third kappa shape index (κ3) is 4.81. The van der Waals surface area contributed by atoms with Crippen molar-refractivity contribution in [2.24, 2.45) is 0 Å². The topological polar surface area (TPSA) is 59.1 Å². The second kappa shape index (κ2) is 5.54. The maximum absolute atomic E-state index is 11.6. The second-order valence-electron chi connectivity index (χ2n) is 4.75. The number of hydrogen-bond donors (Lipinski definition) is 1. The molecular formula is C10H17ClN2O2S2. The number of sulfonamides is 1. The number of nitrogens with one attached hydrogen (secondary N) is 1. The molecule has 1 heterocycles. The summed E-state index contributed by atoms with van der Waals surface area (Å²) in [7, 11) is -3.32. The van der Waals surface area contributed by atoms with E-state index < -0.39 is 10.0 Å². The van der Waals surface area contributed by atoms with Gasteiger partial charge in [0.25, 0.3) is 0 Å². The molecule has 0 bridgehead atoms. The molecule has 0 aliphatic rings. The van der Waals surface area contributed by atoms with Crippen molar-refractivity contribution in [3.8, 4) is 0 Å². The van der Waals surface area contributed by atoms with Crippen molar-refractivity contribution in [1.29, 1.82) is 0 Å². The van der Waals surface area contributed by atoms with E-state index in [2.05, 4.69) is 9.71 Å². The lowest BCUT2D eigenvalue weighted by Crippen LogP contribution is -2.17. The van der Waals surface area contributed by atoms with Gasteiger partial charge >= 0.3 is 0 Å². The predicted molar refractivity (Wildman–Crippen MR) is 73.6 cm³/mol. The van der Waals surface area contributed by atoms with Gasteiger partial charge in [0.1, 0.15) is 0 Å². The Bertz CT molecular complexity index is 463. The van der Waals surface area contributed by atoms with Crippen molar-refractivity contribution >= 4 is 38.1 Å². The number of nitrogens with zero attached hydrogens (tertiary/aromatic N) is 1. The van der Waals surface area contributed by atoms with Crippen molar-refractivity contribution < 1.29 is 8.42 Å². The molecule has 0 atom stereocenters. The van der Waals surface area contributed by atoms with Crippen LogP contribution in [0.3, 0.4) is 0 Å². The van der Waals surface area contributed by atoms with Crippen LogP contribution in [0.15, 0.2) is 5.38 Å². The number of aromatic nitrogens is 1. The zero-order valence-electron chi connectivity index (χ0n) is 10.2. The number of hydrogen-bond acceptors (Lipinski definition) is 4. The van der Waals surface area contributed by atoms with Gasteiger partial charge in [-0.15, -0.1) is 22.9 Å². The number of alkyl halides is 1. The Morgan fingerprint density at radius 1 is 1.47 bits per heavy atom. The first-order valence-corrected chi connectivity index (χ1v) is 8.34. The molecule has 0 saturated heterocycles. The van der Waals surface area contributed by atoms with Gasteiger partial charge in [-0.25, -0.2) is 13.4 Å². The fourth-order valence-electron chi connectivity index (χ4n) is 1.09. The Morgan fingerprint density at radius 2 is 2.12 bits per heavy atom. The van der Waals surface area contributed by atoms with Crippen LogP contribution in [0.1, 0.15) is 32.9 Å². The van der Waals surface area contributed by atoms with Gasteiger partial charge in [-0.2, -0.15) is 0 Å². The molecule has 0 amide bonds. The van der Waals surface area contributed by atoms with Crippen LogP contribution < -0.4 is 4.72 Å². The van der Waals surface area contributed by atoms with E-state index in [4.69, 9.17) is 11.6 Å². The van der Waals surface area contributed by atoms with Gasteiger partial charge < -0.3 is 0 Å². The van der Waals surface area contributed by atoms with E-state index in [1.54, 1.807) is 0 Å². The van der Waals surface area contributed by atoms with E-state index in [0.29, 0.717) is 17.4 Å². The molecule has 0 aromatic carbocycles. The van der Waals surface area contributed by atoms with Crippen molar-refractivity contribution in [3.63, 3.8) is 0 Å². The maximum Gasteiger partial charge on any atom is 0.234 e. The van der Waals surface area contributed by atoms with Gasteiger partial charge in [0.05, 0.1) is 11.4 Å². The molecule has 0 unspecified atom stereocenters. The third-order valence-corrected chi connectivity index (χ3v) is 4.55. The summed E-state index contributed by atoms with van der Waals surface area (Å²) in [6.07, 6.45) is 0.439. The third-order valence-electron chi connectivity index (χ3n) is 2.06. The summed E-state index contributed by atoms with van der Waals surface area (Å²) in [4.78, 5) is 4.27. The average molecular weight is 297 g/mol. The van der Waals surface area contributed by atoms with Gasteiger partial charge in [0, 0.05) is 16.7 Å². The van der Waals surface area contributed by atoms with Crippen LogP contribution in [0.2, 0.25) is 0 Å². The Labute approximate surface area is 111 Å². The minimum Gasteiger partial charge on any atom is -0.259 e. The van der Waals surface area contributed by atoms with E-state index in [-0.39, 0.29) is 11.2 Å². The molecule has 17 heavy (non-hydrogen) atoms. The van der Waals surface area contributed by atoms with Crippen LogP contribution in [-0.4, -0.2) is 25.0 Å². The zero-order valence-corrected chi connectivity index (χ0v) is 12.5. The first-order valence-electron chi connectivity index (χ1n) is 5.27. The summed E-state index contributed by atoms with van der Waals surface area (Å²) in [5.74, 6) is 0.368. The first-order chi connectivity index (χ1) is 7.74. The molecule has 0 fully saturated rings. The van der Waals surface area contributed by atoms with Gasteiger partial charge in [0.2, 0.25) is 10.0 Å². The van der Waals surface area contributed by atoms with Crippen LogP contribution in [0.25, 0.3) is 0 Å². The molecular weight excluding hydrogens is 280 g/mol. The normalized spacial score (nSPS) is 12.7. The summed E-state index contributed by atoms with van der Waals surface area (Å²) in [5, 5.41) is 2.30. The van der Waals surface area contributed by atoms with E-state index in [9.17, 15) is 8.42 Å². The molecule has 98 valence electrons. The Hall–Kier alpha value is -0.330. The molecule has 1 aromatic heterocycles. The molecule has 0 aliphatic carbocycles. The lowest BCUT2D eigenvalue weighted by Gasteiger charge is -2.14. The standard InChI is InChI=1S/C10H17ClN2O2S2/c1-10(2,3)8-7-16-9(12-8)13-17(14,15)6-4-5-11/h7H,4-6H2,1-3H3,(H,12,13). The SMILES string of the molecule is CC(C)(C)c1csc(NS(=O)(=O)CCCCl)n1. The van der Waals surface area contributed by atoms with Gasteiger partial charge in [-0.05, 0) is 6.42 Å². The zero-order chi connectivity index (χ0) is 13.1. The van der Waals surface area contributed by atoms with Crippen molar-refractivity contribution in [1.82, 2.24) is 4.98 Å². The molecule has 0 aliphatic heterocycles. The first kappa shape index (κ1) is 14.7. The summed E-state index contributed by atoms with van der Waals surface area (Å²) in [5.41, 5.74) is 0.814.